The van der Waals surface area contributed by atoms with Crippen LogP contribution in [0.15, 0.2) is 36.5 Å². The van der Waals surface area contributed by atoms with Crippen molar-refractivity contribution in [3.63, 3.8) is 0 Å². The van der Waals surface area contributed by atoms with E-state index in [4.69, 9.17) is 27.9 Å². The lowest BCUT2D eigenvalue weighted by Gasteiger charge is -2.18. The molecule has 0 spiro atoms. The van der Waals surface area contributed by atoms with Crippen LogP contribution in [0.2, 0.25) is 10.0 Å². The van der Waals surface area contributed by atoms with Crippen LogP contribution in [0.4, 0.5) is 19.0 Å². The fourth-order valence-electron chi connectivity index (χ4n) is 2.83. The van der Waals surface area contributed by atoms with Gasteiger partial charge < -0.3 is 15.0 Å². The van der Waals surface area contributed by atoms with Crippen molar-refractivity contribution in [2.75, 3.05) is 24.6 Å². The number of anilines is 1. The summed E-state index contributed by atoms with van der Waals surface area (Å²) < 4.78 is 43.2. The Morgan fingerprint density at radius 2 is 2.07 bits per heavy atom. The van der Waals surface area contributed by atoms with Crippen molar-refractivity contribution in [1.29, 1.82) is 0 Å². The van der Waals surface area contributed by atoms with E-state index in [2.05, 4.69) is 10.3 Å². The second-order valence-electron chi connectivity index (χ2n) is 6.27. The maximum Gasteiger partial charge on any atom is 0.417 e. The standard InChI is InChI=1S/C18H16Cl2F3N3O2/c19-12-2-3-15(14(20)7-12)28-10-17(27)25-13-5-6-26(9-13)16-4-1-11(8-24-16)18(21,22)23/h1-4,7-8,13H,5-6,9-10H2,(H,25,27). The summed E-state index contributed by atoms with van der Waals surface area (Å²) >= 11 is 11.8. The van der Waals surface area contributed by atoms with E-state index >= 15 is 0 Å². The lowest BCUT2D eigenvalue weighted by Crippen LogP contribution is -2.39. The Labute approximate surface area is 169 Å². The molecule has 0 aliphatic carbocycles. The Kier molecular flexibility index (Phi) is 6.20. The average Bonchev–Trinajstić information content (AvgIpc) is 3.09. The topological polar surface area (TPSA) is 54.5 Å². The second-order valence-corrected chi connectivity index (χ2v) is 7.11. The third kappa shape index (κ3) is 5.20. The van der Waals surface area contributed by atoms with Crippen molar-refractivity contribution in [1.82, 2.24) is 10.3 Å². The first-order valence-electron chi connectivity index (χ1n) is 8.38. The molecule has 1 N–H and O–H groups in total. The van der Waals surface area contributed by atoms with E-state index in [1.807, 2.05) is 4.90 Å². The molecular weight excluding hydrogens is 418 g/mol. The number of alkyl halides is 3. The van der Waals surface area contributed by atoms with E-state index in [0.717, 1.165) is 12.3 Å². The largest absolute Gasteiger partial charge is 0.482 e. The smallest absolute Gasteiger partial charge is 0.417 e. The molecule has 2 aromatic rings. The molecule has 1 aromatic heterocycles. The van der Waals surface area contributed by atoms with E-state index in [1.54, 1.807) is 12.1 Å². The maximum atomic E-state index is 12.6. The van der Waals surface area contributed by atoms with E-state index in [0.29, 0.717) is 41.1 Å². The van der Waals surface area contributed by atoms with Gasteiger partial charge in [0.1, 0.15) is 11.6 Å². The third-order valence-corrected chi connectivity index (χ3v) is 4.74. The molecule has 1 unspecified atom stereocenters. The minimum absolute atomic E-state index is 0.152. The summed E-state index contributed by atoms with van der Waals surface area (Å²) in [6.45, 7) is 0.815. The zero-order valence-corrected chi connectivity index (χ0v) is 16.0. The van der Waals surface area contributed by atoms with Gasteiger partial charge in [-0.25, -0.2) is 4.98 Å². The normalized spacial score (nSPS) is 16.9. The van der Waals surface area contributed by atoms with E-state index in [1.165, 1.54) is 12.1 Å². The van der Waals surface area contributed by atoms with Crippen molar-refractivity contribution in [3.05, 3.63) is 52.1 Å². The summed E-state index contributed by atoms with van der Waals surface area (Å²) in [5.74, 6) is 0.468. The van der Waals surface area contributed by atoms with Crippen LogP contribution in [0.1, 0.15) is 12.0 Å². The summed E-state index contributed by atoms with van der Waals surface area (Å²) in [6.07, 6.45) is -2.96. The number of nitrogens with zero attached hydrogens (tertiary/aromatic N) is 2. The number of pyridine rings is 1. The van der Waals surface area contributed by atoms with Gasteiger partial charge in [-0.05, 0) is 36.8 Å². The molecule has 0 radical (unpaired) electrons. The predicted molar refractivity (Wildman–Crippen MR) is 100.0 cm³/mol. The Hall–Kier alpha value is -2.19. The summed E-state index contributed by atoms with van der Waals surface area (Å²) in [7, 11) is 0. The van der Waals surface area contributed by atoms with Crippen molar-refractivity contribution in [2.45, 2.75) is 18.6 Å². The molecule has 28 heavy (non-hydrogen) atoms. The fourth-order valence-corrected chi connectivity index (χ4v) is 3.29. The number of aromatic nitrogens is 1. The van der Waals surface area contributed by atoms with Gasteiger partial charge in [0.05, 0.1) is 10.6 Å². The van der Waals surface area contributed by atoms with Gasteiger partial charge in [-0.1, -0.05) is 23.2 Å². The number of carbonyl (C=O) groups is 1. The number of carbonyl (C=O) groups excluding carboxylic acids is 1. The van der Waals surface area contributed by atoms with Gasteiger partial charge in [0, 0.05) is 30.4 Å². The summed E-state index contributed by atoms with van der Waals surface area (Å²) in [5, 5.41) is 3.60. The quantitative estimate of drug-likeness (QED) is 0.768. The molecule has 1 amide bonds. The van der Waals surface area contributed by atoms with Crippen LogP contribution in [0.25, 0.3) is 0 Å². The number of benzene rings is 1. The Morgan fingerprint density at radius 1 is 1.29 bits per heavy atom. The Bertz CT molecular complexity index is 847. The molecule has 2 heterocycles. The van der Waals surface area contributed by atoms with Crippen molar-refractivity contribution >= 4 is 34.9 Å². The molecule has 10 heteroatoms. The van der Waals surface area contributed by atoms with E-state index in [-0.39, 0.29) is 18.6 Å². The molecular formula is C18H16Cl2F3N3O2. The van der Waals surface area contributed by atoms with Crippen LogP contribution >= 0.6 is 23.2 Å². The van der Waals surface area contributed by atoms with Crippen molar-refractivity contribution in [2.24, 2.45) is 0 Å². The van der Waals surface area contributed by atoms with Crippen LogP contribution < -0.4 is 15.0 Å². The van der Waals surface area contributed by atoms with Gasteiger partial charge >= 0.3 is 6.18 Å². The molecule has 3 rings (SSSR count). The molecule has 1 fully saturated rings. The third-order valence-electron chi connectivity index (χ3n) is 4.21. The summed E-state index contributed by atoms with van der Waals surface area (Å²) in [5.41, 5.74) is -0.793. The number of amides is 1. The number of hydrogen-bond acceptors (Lipinski definition) is 4. The first kappa shape index (κ1) is 20.5. The first-order chi connectivity index (χ1) is 13.2. The van der Waals surface area contributed by atoms with Gasteiger partial charge in [-0.3, -0.25) is 4.79 Å². The number of ether oxygens (including phenoxy) is 1. The monoisotopic (exact) mass is 433 g/mol. The molecule has 0 saturated carbocycles. The maximum absolute atomic E-state index is 12.6. The molecule has 0 bridgehead atoms. The van der Waals surface area contributed by atoms with Crippen LogP contribution in [0.5, 0.6) is 5.75 Å². The molecule has 1 saturated heterocycles. The molecule has 1 aliphatic rings. The van der Waals surface area contributed by atoms with Crippen LogP contribution in [0, 0.1) is 0 Å². The minimum Gasteiger partial charge on any atom is -0.482 e. The van der Waals surface area contributed by atoms with Crippen molar-refractivity contribution in [3.8, 4) is 5.75 Å². The van der Waals surface area contributed by atoms with Gasteiger partial charge in [0.15, 0.2) is 6.61 Å². The molecule has 5 nitrogen and oxygen atoms in total. The lowest BCUT2D eigenvalue weighted by molar-refractivity contribution is -0.137. The SMILES string of the molecule is O=C(COc1ccc(Cl)cc1Cl)NC1CCN(c2ccc(C(F)(F)F)cn2)C1. The second kappa shape index (κ2) is 8.45. The summed E-state index contributed by atoms with van der Waals surface area (Å²) in [4.78, 5) is 17.8. The van der Waals surface area contributed by atoms with Crippen molar-refractivity contribution < 1.29 is 22.7 Å². The number of halogens is 5. The zero-order valence-electron chi connectivity index (χ0n) is 14.5. The fraction of sp³-hybridized carbons (Fsp3) is 0.333. The molecule has 1 aliphatic heterocycles. The highest BCUT2D eigenvalue weighted by molar-refractivity contribution is 6.35. The highest BCUT2D eigenvalue weighted by Gasteiger charge is 2.31. The highest BCUT2D eigenvalue weighted by Crippen LogP contribution is 2.30. The van der Waals surface area contributed by atoms with Gasteiger partial charge in [-0.15, -0.1) is 0 Å². The number of nitrogens with one attached hydrogen (secondary N) is 1. The number of rotatable bonds is 5. The molecule has 1 atom stereocenters. The van der Waals surface area contributed by atoms with Crippen LogP contribution in [0.3, 0.4) is 0 Å². The van der Waals surface area contributed by atoms with E-state index in [9.17, 15) is 18.0 Å². The van der Waals surface area contributed by atoms with Gasteiger partial charge in [0.25, 0.3) is 5.91 Å². The number of hydrogen-bond donors (Lipinski definition) is 1. The molecule has 1 aromatic carbocycles. The van der Waals surface area contributed by atoms with Crippen LogP contribution in [-0.2, 0) is 11.0 Å². The summed E-state index contributed by atoms with van der Waals surface area (Å²) in [6, 6.07) is 6.87. The highest BCUT2D eigenvalue weighted by atomic mass is 35.5. The van der Waals surface area contributed by atoms with E-state index < -0.39 is 11.7 Å². The zero-order chi connectivity index (χ0) is 20.3. The first-order valence-corrected chi connectivity index (χ1v) is 9.13. The lowest BCUT2D eigenvalue weighted by atomic mass is 10.2. The molecule has 150 valence electrons. The minimum atomic E-state index is -4.42. The predicted octanol–water partition coefficient (Wildman–Crippen LogP) is 4.18. The Balaban J connectivity index is 1.49. The van der Waals surface area contributed by atoms with Crippen LogP contribution in [-0.4, -0.2) is 36.6 Å². The van der Waals surface area contributed by atoms with Gasteiger partial charge in [-0.2, -0.15) is 13.2 Å². The average molecular weight is 434 g/mol. The van der Waals surface area contributed by atoms with Gasteiger partial charge in [0.2, 0.25) is 0 Å². The Morgan fingerprint density at radius 3 is 2.71 bits per heavy atom.